The highest BCUT2D eigenvalue weighted by Crippen LogP contribution is 2.92. The lowest BCUT2D eigenvalue weighted by Crippen LogP contribution is -2.31. The van der Waals surface area contributed by atoms with Crippen LogP contribution in [0, 0.1) is 22.2 Å². The minimum atomic E-state index is -0.259. The van der Waals surface area contributed by atoms with E-state index in [0.29, 0.717) is 10.8 Å². The molecule has 3 aliphatic carbocycles. The van der Waals surface area contributed by atoms with E-state index in [1.807, 2.05) is 0 Å². The number of ether oxygens (including phenoxy) is 1. The maximum Gasteiger partial charge on any atom is 0.330 e. The monoisotopic (exact) mass is 220 g/mol. The topological polar surface area (TPSA) is 26.3 Å². The Labute approximate surface area is 97.1 Å². The summed E-state index contributed by atoms with van der Waals surface area (Å²) in [5, 5.41) is 0. The van der Waals surface area contributed by atoms with E-state index in [2.05, 4.69) is 27.4 Å². The summed E-state index contributed by atoms with van der Waals surface area (Å²) in [6.45, 7) is 10.5. The zero-order chi connectivity index (χ0) is 11.8. The number of carbonyl (C=O) groups excluding carboxylic acids is 1. The minimum absolute atomic E-state index is 0.112. The number of esters is 1. The number of hydrogen-bond donors (Lipinski definition) is 0. The smallest absolute Gasteiger partial charge is 0.330 e. The van der Waals surface area contributed by atoms with Gasteiger partial charge >= 0.3 is 5.97 Å². The highest BCUT2D eigenvalue weighted by molar-refractivity contribution is 5.81. The Hall–Kier alpha value is -0.790. The first-order valence-electron chi connectivity index (χ1n) is 6.25. The van der Waals surface area contributed by atoms with Gasteiger partial charge in [0.2, 0.25) is 0 Å². The van der Waals surface area contributed by atoms with Gasteiger partial charge < -0.3 is 4.74 Å². The molecule has 1 spiro atoms. The molecule has 0 radical (unpaired) electrons. The SMILES string of the molecule is C=CC(=O)OC1CC2CCC23C(C)(C)C13C. The van der Waals surface area contributed by atoms with Gasteiger partial charge in [-0.15, -0.1) is 0 Å². The predicted molar refractivity (Wildman–Crippen MR) is 61.7 cm³/mol. The number of rotatable bonds is 2. The zero-order valence-electron chi connectivity index (χ0n) is 10.4. The Balaban J connectivity index is 1.89. The third-order valence-electron chi connectivity index (χ3n) is 6.43. The van der Waals surface area contributed by atoms with Crippen molar-refractivity contribution in [1.82, 2.24) is 0 Å². The van der Waals surface area contributed by atoms with Crippen molar-refractivity contribution in [2.24, 2.45) is 22.2 Å². The molecule has 0 aliphatic heterocycles. The van der Waals surface area contributed by atoms with Crippen LogP contribution >= 0.6 is 0 Å². The third kappa shape index (κ3) is 0.722. The molecule has 0 amide bonds. The largest absolute Gasteiger partial charge is 0.459 e. The minimum Gasteiger partial charge on any atom is -0.459 e. The van der Waals surface area contributed by atoms with Crippen LogP contribution in [0.25, 0.3) is 0 Å². The Morgan fingerprint density at radius 2 is 2.12 bits per heavy atom. The molecule has 0 aromatic carbocycles. The molecule has 0 aromatic rings. The third-order valence-corrected chi connectivity index (χ3v) is 6.43. The Morgan fingerprint density at radius 3 is 2.50 bits per heavy atom. The first-order valence-corrected chi connectivity index (χ1v) is 6.25. The van der Waals surface area contributed by atoms with E-state index in [1.54, 1.807) is 0 Å². The predicted octanol–water partition coefficient (Wildman–Crippen LogP) is 2.93. The van der Waals surface area contributed by atoms with Crippen molar-refractivity contribution in [3.8, 4) is 0 Å². The summed E-state index contributed by atoms with van der Waals surface area (Å²) in [6, 6.07) is 0. The summed E-state index contributed by atoms with van der Waals surface area (Å²) in [4.78, 5) is 11.4. The van der Waals surface area contributed by atoms with Crippen LogP contribution in [-0.2, 0) is 9.53 Å². The molecule has 88 valence electrons. The Kier molecular flexibility index (Phi) is 1.65. The molecular formula is C14H20O2. The van der Waals surface area contributed by atoms with Gasteiger partial charge in [0.15, 0.2) is 0 Å². The number of carbonyl (C=O) groups is 1. The van der Waals surface area contributed by atoms with Gasteiger partial charge in [-0.2, -0.15) is 0 Å². The fourth-order valence-electron chi connectivity index (χ4n) is 5.27. The van der Waals surface area contributed by atoms with Crippen molar-refractivity contribution in [3.05, 3.63) is 12.7 Å². The average Bonchev–Trinajstić information content (AvgIpc) is 2.55. The molecule has 0 aromatic heterocycles. The lowest BCUT2D eigenvalue weighted by atomic mass is 9.66. The van der Waals surface area contributed by atoms with Gasteiger partial charge in [0.25, 0.3) is 0 Å². The second-order valence-corrected chi connectivity index (χ2v) is 6.40. The summed E-state index contributed by atoms with van der Waals surface area (Å²) in [5.41, 5.74) is 1.03. The Morgan fingerprint density at radius 1 is 1.44 bits per heavy atom. The van der Waals surface area contributed by atoms with Crippen LogP contribution in [0.2, 0.25) is 0 Å². The molecule has 2 nitrogen and oxygen atoms in total. The van der Waals surface area contributed by atoms with Gasteiger partial charge in [-0.25, -0.2) is 4.79 Å². The van der Waals surface area contributed by atoms with E-state index in [9.17, 15) is 4.79 Å². The molecule has 0 bridgehead atoms. The molecule has 0 N–H and O–H groups in total. The standard InChI is InChI=1S/C14H20O2/c1-5-11(15)16-10-8-9-6-7-14(9)12(2,3)13(10,14)4/h5,9-10H,1,6-8H2,2-4H3. The lowest BCUT2D eigenvalue weighted by Gasteiger charge is -2.38. The van der Waals surface area contributed by atoms with Crippen LogP contribution in [0.1, 0.15) is 40.0 Å². The molecule has 2 heteroatoms. The highest BCUT2D eigenvalue weighted by Gasteiger charge is 2.90. The summed E-state index contributed by atoms with van der Waals surface area (Å²) >= 11 is 0. The van der Waals surface area contributed by atoms with Crippen LogP contribution in [0.4, 0.5) is 0 Å². The van der Waals surface area contributed by atoms with Crippen LogP contribution in [0.15, 0.2) is 12.7 Å². The van der Waals surface area contributed by atoms with E-state index < -0.39 is 0 Å². The van der Waals surface area contributed by atoms with Crippen molar-refractivity contribution < 1.29 is 9.53 Å². The molecule has 3 fully saturated rings. The molecule has 3 rings (SSSR count). The molecule has 0 saturated heterocycles. The van der Waals surface area contributed by atoms with Gasteiger partial charge in [0.05, 0.1) is 0 Å². The quantitative estimate of drug-likeness (QED) is 0.528. The fraction of sp³-hybridized carbons (Fsp3) is 0.786. The second kappa shape index (κ2) is 2.55. The van der Waals surface area contributed by atoms with Crippen molar-refractivity contribution >= 4 is 5.97 Å². The molecule has 0 heterocycles. The maximum absolute atomic E-state index is 11.4. The second-order valence-electron chi connectivity index (χ2n) is 6.40. The molecule has 4 atom stereocenters. The van der Waals surface area contributed by atoms with Gasteiger partial charge in [-0.1, -0.05) is 27.4 Å². The average molecular weight is 220 g/mol. The molecule has 16 heavy (non-hydrogen) atoms. The van der Waals surface area contributed by atoms with Crippen LogP contribution in [-0.4, -0.2) is 12.1 Å². The van der Waals surface area contributed by atoms with Crippen molar-refractivity contribution in [2.75, 3.05) is 0 Å². The molecule has 3 saturated carbocycles. The van der Waals surface area contributed by atoms with Crippen LogP contribution in [0.3, 0.4) is 0 Å². The maximum atomic E-state index is 11.4. The van der Waals surface area contributed by atoms with Crippen molar-refractivity contribution in [2.45, 2.75) is 46.1 Å². The fourth-order valence-corrected chi connectivity index (χ4v) is 5.27. The normalized spacial score (nSPS) is 50.9. The van der Waals surface area contributed by atoms with Crippen LogP contribution in [0.5, 0.6) is 0 Å². The van der Waals surface area contributed by atoms with Crippen molar-refractivity contribution in [3.63, 3.8) is 0 Å². The Bertz CT molecular complexity index is 384. The zero-order valence-corrected chi connectivity index (χ0v) is 10.4. The van der Waals surface area contributed by atoms with E-state index in [0.717, 1.165) is 12.3 Å². The first kappa shape index (κ1) is 10.4. The van der Waals surface area contributed by atoms with E-state index >= 15 is 0 Å². The van der Waals surface area contributed by atoms with Gasteiger partial charge in [0.1, 0.15) is 6.10 Å². The first-order chi connectivity index (χ1) is 7.41. The van der Waals surface area contributed by atoms with E-state index in [-0.39, 0.29) is 17.5 Å². The molecule has 4 unspecified atom stereocenters. The van der Waals surface area contributed by atoms with Crippen molar-refractivity contribution in [1.29, 1.82) is 0 Å². The highest BCUT2D eigenvalue weighted by atomic mass is 16.5. The van der Waals surface area contributed by atoms with E-state index in [4.69, 9.17) is 4.74 Å². The number of hydrogen-bond acceptors (Lipinski definition) is 2. The van der Waals surface area contributed by atoms with Gasteiger partial charge in [-0.3, -0.25) is 0 Å². The molecular weight excluding hydrogens is 200 g/mol. The van der Waals surface area contributed by atoms with Gasteiger partial charge in [0, 0.05) is 11.5 Å². The van der Waals surface area contributed by atoms with E-state index in [1.165, 1.54) is 18.9 Å². The van der Waals surface area contributed by atoms with Crippen LogP contribution < -0.4 is 0 Å². The lowest BCUT2D eigenvalue weighted by molar-refractivity contribution is -0.146. The molecule has 3 aliphatic rings. The summed E-state index contributed by atoms with van der Waals surface area (Å²) in [6.07, 6.45) is 5.11. The van der Waals surface area contributed by atoms with Gasteiger partial charge in [-0.05, 0) is 36.0 Å². The summed E-state index contributed by atoms with van der Waals surface area (Å²) in [7, 11) is 0. The summed E-state index contributed by atoms with van der Waals surface area (Å²) in [5.74, 6) is 0.528. The summed E-state index contributed by atoms with van der Waals surface area (Å²) < 4.78 is 5.57.